The molecule has 0 bridgehead atoms. The van der Waals surface area contributed by atoms with E-state index in [0.717, 1.165) is 12.4 Å². The molecule has 0 radical (unpaired) electrons. The van der Waals surface area contributed by atoms with Gasteiger partial charge in [-0.2, -0.15) is 0 Å². The van der Waals surface area contributed by atoms with E-state index in [-0.39, 0.29) is 5.91 Å². The molecule has 0 saturated carbocycles. The van der Waals surface area contributed by atoms with Gasteiger partial charge in [0, 0.05) is 19.8 Å². The quantitative estimate of drug-likeness (QED) is 0.915. The van der Waals surface area contributed by atoms with Crippen molar-refractivity contribution in [3.05, 3.63) is 29.4 Å². The average Bonchev–Trinajstić information content (AvgIpc) is 2.91. The Labute approximate surface area is 121 Å². The molecule has 0 aromatic carbocycles. The average molecular weight is 291 g/mol. The molecule has 0 aliphatic rings. The Kier molecular flexibility index (Phi) is 4.62. The molecule has 0 aliphatic heterocycles. The van der Waals surface area contributed by atoms with Crippen LogP contribution >= 0.6 is 11.3 Å². The van der Waals surface area contributed by atoms with Crippen LogP contribution in [0.25, 0.3) is 0 Å². The van der Waals surface area contributed by atoms with Gasteiger partial charge in [0.15, 0.2) is 0 Å². The summed E-state index contributed by atoms with van der Waals surface area (Å²) in [5.74, 6) is 1.18. The molecule has 2 rings (SSSR count). The van der Waals surface area contributed by atoms with Gasteiger partial charge in [-0.25, -0.2) is 4.98 Å². The van der Waals surface area contributed by atoms with E-state index >= 15 is 0 Å². The van der Waals surface area contributed by atoms with Gasteiger partial charge in [-0.3, -0.25) is 10.1 Å². The highest BCUT2D eigenvalue weighted by molar-refractivity contribution is 7.13. The van der Waals surface area contributed by atoms with Gasteiger partial charge >= 0.3 is 0 Å². The van der Waals surface area contributed by atoms with Crippen LogP contribution in [-0.2, 0) is 0 Å². The maximum absolute atomic E-state index is 11.9. The zero-order chi connectivity index (χ0) is 14.5. The van der Waals surface area contributed by atoms with E-state index in [9.17, 15) is 4.79 Å². The molecule has 2 aromatic heterocycles. The molecule has 0 spiro atoms. The van der Waals surface area contributed by atoms with Crippen molar-refractivity contribution in [3.8, 4) is 0 Å². The number of rotatable bonds is 5. The number of anilines is 2. The van der Waals surface area contributed by atoms with Crippen molar-refractivity contribution in [3.63, 3.8) is 0 Å². The highest BCUT2D eigenvalue weighted by atomic mass is 32.1. The van der Waals surface area contributed by atoms with Crippen LogP contribution in [0.3, 0.4) is 0 Å². The number of aromatic nitrogens is 3. The van der Waals surface area contributed by atoms with Gasteiger partial charge < -0.3 is 4.90 Å². The highest BCUT2D eigenvalue weighted by Gasteiger charge is 2.10. The zero-order valence-electron chi connectivity index (χ0n) is 11.7. The van der Waals surface area contributed by atoms with Crippen LogP contribution in [0.4, 0.5) is 10.9 Å². The molecule has 7 heteroatoms. The van der Waals surface area contributed by atoms with E-state index in [1.165, 1.54) is 11.3 Å². The van der Waals surface area contributed by atoms with Crippen LogP contribution in [0.2, 0.25) is 0 Å². The third-order valence-corrected chi connectivity index (χ3v) is 3.23. The molecule has 20 heavy (non-hydrogen) atoms. The molecule has 0 atom stereocenters. The van der Waals surface area contributed by atoms with E-state index in [0.29, 0.717) is 16.6 Å². The molecular formula is C13H17N5OS. The van der Waals surface area contributed by atoms with E-state index in [1.54, 1.807) is 17.8 Å². The Balaban J connectivity index is 2.02. The minimum atomic E-state index is -0.229. The Bertz CT molecular complexity index is 553. The zero-order valence-corrected chi connectivity index (χ0v) is 12.5. The summed E-state index contributed by atoms with van der Waals surface area (Å²) in [6.45, 7) is 5.23. The first-order valence-electron chi connectivity index (χ1n) is 6.31. The maximum Gasteiger partial charge on any atom is 0.259 e. The fourth-order valence-electron chi connectivity index (χ4n) is 1.78. The summed E-state index contributed by atoms with van der Waals surface area (Å²) in [5, 5.41) is 10.6. The first-order valence-corrected chi connectivity index (χ1v) is 7.19. The van der Waals surface area contributed by atoms with Gasteiger partial charge in [-0.05, 0) is 18.1 Å². The molecule has 6 nitrogen and oxygen atoms in total. The second-order valence-corrected chi connectivity index (χ2v) is 5.71. The summed E-state index contributed by atoms with van der Waals surface area (Å²) >= 11 is 1.28. The van der Waals surface area contributed by atoms with Gasteiger partial charge in [-0.15, -0.1) is 10.2 Å². The van der Waals surface area contributed by atoms with Crippen LogP contribution in [0.1, 0.15) is 24.2 Å². The fourth-order valence-corrected chi connectivity index (χ4v) is 2.22. The lowest BCUT2D eigenvalue weighted by Crippen LogP contribution is -2.23. The van der Waals surface area contributed by atoms with E-state index in [2.05, 4.69) is 39.2 Å². The number of nitrogens with zero attached hydrogens (tertiary/aromatic N) is 4. The van der Waals surface area contributed by atoms with Crippen molar-refractivity contribution in [1.29, 1.82) is 0 Å². The highest BCUT2D eigenvalue weighted by Crippen LogP contribution is 2.14. The Morgan fingerprint density at radius 3 is 2.80 bits per heavy atom. The predicted molar refractivity (Wildman–Crippen MR) is 80.2 cm³/mol. The summed E-state index contributed by atoms with van der Waals surface area (Å²) in [5.41, 5.74) is 2.07. The van der Waals surface area contributed by atoms with Crippen molar-refractivity contribution < 1.29 is 4.79 Å². The van der Waals surface area contributed by atoms with Crippen molar-refractivity contribution in [1.82, 2.24) is 15.2 Å². The number of amides is 1. The van der Waals surface area contributed by atoms with E-state index < -0.39 is 0 Å². The topological polar surface area (TPSA) is 71.0 Å². The van der Waals surface area contributed by atoms with Crippen LogP contribution in [0, 0.1) is 5.92 Å². The molecule has 2 heterocycles. The summed E-state index contributed by atoms with van der Waals surface area (Å²) in [7, 11) is 1.99. The van der Waals surface area contributed by atoms with Crippen molar-refractivity contribution in [2.24, 2.45) is 5.92 Å². The minimum Gasteiger partial charge on any atom is -0.359 e. The number of nitrogens with one attached hydrogen (secondary N) is 1. The molecule has 0 aliphatic carbocycles. The Hall–Kier alpha value is -2.02. The minimum absolute atomic E-state index is 0.229. The lowest BCUT2D eigenvalue weighted by atomic mass is 10.2. The number of carbonyl (C=O) groups excluding carboxylic acids is 1. The Morgan fingerprint density at radius 2 is 2.25 bits per heavy atom. The lowest BCUT2D eigenvalue weighted by Gasteiger charge is -2.20. The van der Waals surface area contributed by atoms with Crippen molar-refractivity contribution in [2.45, 2.75) is 13.8 Å². The van der Waals surface area contributed by atoms with Crippen LogP contribution in [0.5, 0.6) is 0 Å². The number of pyridine rings is 1. The fraction of sp³-hybridized carbons (Fsp3) is 0.385. The Morgan fingerprint density at radius 1 is 1.45 bits per heavy atom. The SMILES string of the molecule is CC(C)CN(C)c1ccc(C(=O)Nc2nncs2)cn1. The summed E-state index contributed by atoms with van der Waals surface area (Å²) in [6.07, 6.45) is 1.57. The van der Waals surface area contributed by atoms with Gasteiger partial charge in [-0.1, -0.05) is 25.2 Å². The standard InChI is InChI=1S/C13H17N5OS/c1-9(2)7-18(3)11-5-4-10(6-14-11)12(19)16-13-17-15-8-20-13/h4-6,8-9H,7H2,1-3H3,(H,16,17,19). The van der Waals surface area contributed by atoms with Gasteiger partial charge in [0.1, 0.15) is 11.3 Å². The molecular weight excluding hydrogens is 274 g/mol. The van der Waals surface area contributed by atoms with Crippen molar-refractivity contribution in [2.75, 3.05) is 23.8 Å². The molecule has 1 amide bonds. The summed E-state index contributed by atoms with van der Waals surface area (Å²) in [4.78, 5) is 18.3. The largest absolute Gasteiger partial charge is 0.359 e. The van der Waals surface area contributed by atoms with Crippen LogP contribution in [0.15, 0.2) is 23.8 Å². The van der Waals surface area contributed by atoms with Crippen molar-refractivity contribution >= 4 is 28.2 Å². The normalized spacial score (nSPS) is 10.6. The molecule has 0 fully saturated rings. The second kappa shape index (κ2) is 6.42. The maximum atomic E-state index is 11.9. The number of hydrogen-bond acceptors (Lipinski definition) is 6. The third-order valence-electron chi connectivity index (χ3n) is 2.62. The molecule has 2 aromatic rings. The lowest BCUT2D eigenvalue weighted by molar-refractivity contribution is 0.102. The smallest absolute Gasteiger partial charge is 0.259 e. The molecule has 106 valence electrons. The summed E-state index contributed by atoms with van der Waals surface area (Å²) in [6, 6.07) is 3.60. The first-order chi connectivity index (χ1) is 9.56. The van der Waals surface area contributed by atoms with Crippen LogP contribution < -0.4 is 10.2 Å². The predicted octanol–water partition coefficient (Wildman–Crippen LogP) is 2.28. The molecule has 1 N–H and O–H groups in total. The van der Waals surface area contributed by atoms with Gasteiger partial charge in [0.25, 0.3) is 5.91 Å². The number of carbonyl (C=O) groups is 1. The third kappa shape index (κ3) is 3.74. The number of hydrogen-bond donors (Lipinski definition) is 1. The van der Waals surface area contributed by atoms with E-state index in [1.807, 2.05) is 13.1 Å². The van der Waals surface area contributed by atoms with E-state index in [4.69, 9.17) is 0 Å². The summed E-state index contributed by atoms with van der Waals surface area (Å²) < 4.78 is 0. The first kappa shape index (κ1) is 14.4. The van der Waals surface area contributed by atoms with Crippen LogP contribution in [-0.4, -0.2) is 34.7 Å². The van der Waals surface area contributed by atoms with Gasteiger partial charge in [0.05, 0.1) is 5.56 Å². The molecule has 0 unspecified atom stereocenters. The molecule has 0 saturated heterocycles. The second-order valence-electron chi connectivity index (χ2n) is 4.88. The monoisotopic (exact) mass is 291 g/mol. The van der Waals surface area contributed by atoms with Gasteiger partial charge in [0.2, 0.25) is 5.13 Å².